The van der Waals surface area contributed by atoms with E-state index in [1.807, 2.05) is 12.1 Å². The first-order valence-corrected chi connectivity index (χ1v) is 13.2. The highest BCUT2D eigenvalue weighted by Crippen LogP contribution is 2.55. The van der Waals surface area contributed by atoms with E-state index >= 15 is 0 Å². The van der Waals surface area contributed by atoms with Crippen LogP contribution in [0.15, 0.2) is 24.0 Å². The number of carbonyl (C=O) groups is 2. The van der Waals surface area contributed by atoms with Gasteiger partial charge in [0.2, 0.25) is 6.79 Å². The number of carbonyl (C=O) groups excluding carboxylic acids is 2. The largest absolute Gasteiger partial charge is 1.00 e. The third-order valence-electron chi connectivity index (χ3n) is 8.39. The maximum atomic E-state index is 13.7. The normalized spacial score (nSPS) is 27.4. The number of hydrogen-bond acceptors (Lipinski definition) is 10. The first-order chi connectivity index (χ1) is 18.0. The molecule has 2 N–H and O–H groups in total. The molecule has 10 heteroatoms. The lowest BCUT2D eigenvalue weighted by atomic mass is 9.77. The molecular weight excluding hydrogens is 494 g/mol. The lowest BCUT2D eigenvalue weighted by Crippen LogP contribution is -2.49. The van der Waals surface area contributed by atoms with Crippen molar-refractivity contribution in [3.63, 3.8) is 0 Å². The van der Waals surface area contributed by atoms with Crippen LogP contribution in [0.4, 0.5) is 0 Å². The number of rotatable bonds is 8. The number of hydrogen-bond donors (Lipinski definition) is 2. The second-order valence-corrected chi connectivity index (χ2v) is 11.4. The molecule has 1 saturated heterocycles. The number of ether oxygens (including phenoxy) is 5. The summed E-state index contributed by atoms with van der Waals surface area (Å²) >= 11 is 0. The van der Waals surface area contributed by atoms with E-state index in [0.29, 0.717) is 17.3 Å². The van der Waals surface area contributed by atoms with E-state index in [0.717, 1.165) is 43.5 Å². The molecule has 5 rings (SSSR count). The fourth-order valence-electron chi connectivity index (χ4n) is 6.41. The average Bonchev–Trinajstić information content (AvgIpc) is 3.56. The fourth-order valence-corrected chi connectivity index (χ4v) is 6.41. The number of methoxy groups -OCH3 is 2. The Morgan fingerprint density at radius 3 is 2.58 bits per heavy atom. The van der Waals surface area contributed by atoms with Gasteiger partial charge in [-0.2, -0.15) is 0 Å². The Morgan fingerprint density at radius 2 is 1.89 bits per heavy atom. The van der Waals surface area contributed by atoms with Crippen LogP contribution >= 0.6 is 0 Å². The molecule has 1 aliphatic carbocycles. The number of esters is 2. The van der Waals surface area contributed by atoms with E-state index in [4.69, 9.17) is 23.7 Å². The Kier molecular flexibility index (Phi) is 6.86. The van der Waals surface area contributed by atoms with Crippen LogP contribution in [0.5, 0.6) is 11.5 Å². The van der Waals surface area contributed by atoms with Gasteiger partial charge in [0.25, 0.3) is 0 Å². The SMILES string of the molecule is COC(=O)C[C@](O)(CCC(C)(C)O)C(=O)O[C@@H]1C(OC)=C[C@]23CCCN2CCc2cc4c(cc2[C@H]13)OCO4.[H+]. The molecule has 0 unspecified atom stereocenters. The Hall–Kier alpha value is -2.82. The Labute approximate surface area is 223 Å². The summed E-state index contributed by atoms with van der Waals surface area (Å²) in [6.07, 6.45) is 3.18. The summed E-state index contributed by atoms with van der Waals surface area (Å²) in [5.74, 6) is -0.163. The average molecular weight is 533 g/mol. The molecule has 4 aliphatic rings. The van der Waals surface area contributed by atoms with Crippen molar-refractivity contribution in [3.8, 4) is 11.5 Å². The van der Waals surface area contributed by atoms with Crippen LogP contribution in [0, 0.1) is 0 Å². The second kappa shape index (κ2) is 9.73. The molecule has 0 bridgehead atoms. The van der Waals surface area contributed by atoms with Gasteiger partial charge in [0.05, 0.1) is 37.7 Å². The highest BCUT2D eigenvalue weighted by molar-refractivity contribution is 5.86. The highest BCUT2D eigenvalue weighted by Gasteiger charge is 2.59. The predicted molar refractivity (Wildman–Crippen MR) is 136 cm³/mol. The summed E-state index contributed by atoms with van der Waals surface area (Å²) in [4.78, 5) is 28.3. The van der Waals surface area contributed by atoms with Gasteiger partial charge < -0.3 is 33.9 Å². The summed E-state index contributed by atoms with van der Waals surface area (Å²) in [7, 11) is 2.74. The van der Waals surface area contributed by atoms with Gasteiger partial charge in [0, 0.05) is 6.54 Å². The second-order valence-electron chi connectivity index (χ2n) is 11.4. The van der Waals surface area contributed by atoms with Gasteiger partial charge >= 0.3 is 13.4 Å². The van der Waals surface area contributed by atoms with Gasteiger partial charge in [-0.1, -0.05) is 0 Å². The molecular formula is C28H38NO9+. The van der Waals surface area contributed by atoms with Crippen molar-refractivity contribution >= 4 is 11.9 Å². The predicted octanol–water partition coefficient (Wildman–Crippen LogP) is 2.30. The molecule has 1 spiro atoms. The van der Waals surface area contributed by atoms with Gasteiger partial charge in [0.1, 0.15) is 5.76 Å². The summed E-state index contributed by atoms with van der Waals surface area (Å²) < 4.78 is 28.0. The van der Waals surface area contributed by atoms with Crippen molar-refractivity contribution in [3.05, 3.63) is 35.1 Å². The van der Waals surface area contributed by atoms with Gasteiger partial charge in [-0.15, -0.1) is 0 Å². The molecule has 10 nitrogen and oxygen atoms in total. The molecule has 208 valence electrons. The van der Waals surface area contributed by atoms with E-state index < -0.39 is 41.2 Å². The first-order valence-electron chi connectivity index (χ1n) is 13.2. The molecule has 0 aromatic heterocycles. The van der Waals surface area contributed by atoms with Crippen molar-refractivity contribution in [1.82, 2.24) is 4.90 Å². The van der Waals surface area contributed by atoms with E-state index in [9.17, 15) is 19.8 Å². The molecule has 1 aromatic carbocycles. The highest BCUT2D eigenvalue weighted by atomic mass is 16.7. The fraction of sp³-hybridized carbons (Fsp3) is 0.643. The minimum Gasteiger partial charge on any atom is -0.497 e. The van der Waals surface area contributed by atoms with Crippen LogP contribution in [0.25, 0.3) is 0 Å². The third-order valence-corrected chi connectivity index (χ3v) is 8.39. The zero-order valence-corrected chi connectivity index (χ0v) is 22.5. The van der Waals surface area contributed by atoms with Gasteiger partial charge in [0.15, 0.2) is 23.2 Å². The number of nitrogens with zero attached hydrogens (tertiary/aromatic N) is 1. The standard InChI is InChI=1S/C28H37NO9/c1-26(2,32)8-9-28(33,15-22(30)35-4)25(31)38-24-21(34-3)14-27-7-5-10-29(27)11-6-17-12-19-20(37-16-36-19)13-18(17)23(24)27/h12-14,23-24,32-33H,5-11,15-16H2,1-4H3/p+1/t23-,24-,27+,28-/m1/s1. The van der Waals surface area contributed by atoms with Crippen LogP contribution in [-0.4, -0.2) is 84.0 Å². The summed E-state index contributed by atoms with van der Waals surface area (Å²) in [6, 6.07) is 3.99. The van der Waals surface area contributed by atoms with E-state index in [-0.39, 0.29) is 27.0 Å². The molecule has 1 fully saturated rings. The Morgan fingerprint density at radius 1 is 1.16 bits per heavy atom. The van der Waals surface area contributed by atoms with Crippen molar-refractivity contribution in [2.24, 2.45) is 0 Å². The van der Waals surface area contributed by atoms with Gasteiger partial charge in [-0.3, -0.25) is 9.69 Å². The van der Waals surface area contributed by atoms with Gasteiger partial charge in [-0.25, -0.2) is 4.79 Å². The van der Waals surface area contributed by atoms with Crippen LogP contribution in [0.2, 0.25) is 0 Å². The zero-order chi connectivity index (χ0) is 27.3. The lowest BCUT2D eigenvalue weighted by molar-refractivity contribution is -0.179. The van der Waals surface area contributed by atoms with Gasteiger partial charge in [-0.05, 0) is 81.8 Å². The maximum absolute atomic E-state index is 13.7. The van der Waals surface area contributed by atoms with Crippen molar-refractivity contribution in [1.29, 1.82) is 0 Å². The smallest absolute Gasteiger partial charge is 0.497 e. The molecule has 0 amide bonds. The van der Waals surface area contributed by atoms with E-state index in [2.05, 4.69) is 11.0 Å². The topological polar surface area (TPSA) is 124 Å². The zero-order valence-electron chi connectivity index (χ0n) is 23.5. The summed E-state index contributed by atoms with van der Waals surface area (Å²) in [5.41, 5.74) is -1.69. The van der Waals surface area contributed by atoms with E-state index in [1.165, 1.54) is 7.11 Å². The van der Waals surface area contributed by atoms with Crippen molar-refractivity contribution in [2.45, 2.75) is 81.1 Å². The first kappa shape index (κ1) is 26.8. The number of aliphatic hydroxyl groups is 2. The molecule has 4 atom stereocenters. The monoisotopic (exact) mass is 532 g/mol. The molecule has 1 aromatic rings. The number of benzene rings is 1. The van der Waals surface area contributed by atoms with Crippen LogP contribution in [0.3, 0.4) is 0 Å². The Bertz CT molecular complexity index is 1150. The lowest BCUT2D eigenvalue weighted by Gasteiger charge is -2.39. The minimum atomic E-state index is -2.18. The van der Waals surface area contributed by atoms with E-state index in [1.54, 1.807) is 21.0 Å². The molecule has 0 saturated carbocycles. The quantitative estimate of drug-likeness (QED) is 0.482. The Balaban J connectivity index is 0.00000353. The third kappa shape index (κ3) is 4.63. The molecule has 38 heavy (non-hydrogen) atoms. The summed E-state index contributed by atoms with van der Waals surface area (Å²) in [6.45, 7) is 5.04. The van der Waals surface area contributed by atoms with Crippen LogP contribution in [0.1, 0.15) is 64.4 Å². The maximum Gasteiger partial charge on any atom is 1.00 e. The van der Waals surface area contributed by atoms with Crippen molar-refractivity contribution < 1.29 is 44.9 Å². The van der Waals surface area contributed by atoms with Crippen LogP contribution < -0.4 is 9.47 Å². The number of fused-ring (bicyclic) bond motifs is 3. The minimum absolute atomic E-state index is 0. The van der Waals surface area contributed by atoms with Crippen LogP contribution in [-0.2, 0) is 30.2 Å². The van der Waals surface area contributed by atoms with Crippen molar-refractivity contribution in [2.75, 3.05) is 34.1 Å². The summed E-state index contributed by atoms with van der Waals surface area (Å²) in [5, 5.41) is 21.7. The molecule has 3 heterocycles. The molecule has 0 radical (unpaired) electrons. The molecule has 3 aliphatic heterocycles.